The highest BCUT2D eigenvalue weighted by Gasteiger charge is 2.33. The molecular weight excluding hydrogens is 326 g/mol. The van der Waals surface area contributed by atoms with Crippen LogP contribution in [0.1, 0.15) is 28.3 Å². The largest absolute Gasteiger partial charge is 0.383 e. The molecule has 4 heterocycles. The van der Waals surface area contributed by atoms with Gasteiger partial charge in [0.1, 0.15) is 11.6 Å². The Kier molecular flexibility index (Phi) is 3.85. The lowest BCUT2D eigenvalue weighted by molar-refractivity contribution is -0.116. The van der Waals surface area contributed by atoms with E-state index in [9.17, 15) is 4.79 Å². The van der Waals surface area contributed by atoms with Gasteiger partial charge < -0.3 is 20.7 Å². The van der Waals surface area contributed by atoms with Gasteiger partial charge in [-0.25, -0.2) is 0 Å². The van der Waals surface area contributed by atoms with Crippen LogP contribution in [-0.2, 0) is 9.53 Å². The number of nitrogens with one attached hydrogen (secondary N) is 1. The summed E-state index contributed by atoms with van der Waals surface area (Å²) in [4.78, 5) is 24.5. The van der Waals surface area contributed by atoms with E-state index in [0.717, 1.165) is 23.5 Å². The van der Waals surface area contributed by atoms with Crippen molar-refractivity contribution in [3.05, 3.63) is 27.5 Å². The number of morpholine rings is 1. The maximum absolute atomic E-state index is 12.2. The third-order valence-electron chi connectivity index (χ3n) is 4.47. The summed E-state index contributed by atoms with van der Waals surface area (Å²) < 4.78 is 5.36. The average molecular weight is 345 g/mol. The third kappa shape index (κ3) is 2.61. The van der Waals surface area contributed by atoms with Gasteiger partial charge in [0.15, 0.2) is 0 Å². The summed E-state index contributed by atoms with van der Waals surface area (Å²) in [6.45, 7) is 4.78. The molecule has 2 aromatic rings. The van der Waals surface area contributed by atoms with Crippen LogP contribution in [-0.4, -0.2) is 42.2 Å². The van der Waals surface area contributed by atoms with Crippen molar-refractivity contribution in [2.24, 2.45) is 0 Å². The summed E-state index contributed by atoms with van der Waals surface area (Å²) >= 11 is 1.64. The molecule has 0 aliphatic carbocycles. The predicted octanol–water partition coefficient (Wildman–Crippen LogP) is 1.74. The van der Waals surface area contributed by atoms with E-state index in [-0.39, 0.29) is 11.8 Å². The first-order valence-electron chi connectivity index (χ1n) is 7.97. The molecule has 3 N–H and O–H groups in total. The molecule has 2 aromatic heterocycles. The second kappa shape index (κ2) is 6.03. The van der Waals surface area contributed by atoms with Crippen LogP contribution in [0, 0.1) is 6.92 Å². The average Bonchev–Trinajstić information content (AvgIpc) is 3.00. The van der Waals surface area contributed by atoms with Crippen LogP contribution < -0.4 is 16.0 Å². The van der Waals surface area contributed by atoms with Crippen LogP contribution in [0.2, 0.25) is 0 Å². The van der Waals surface area contributed by atoms with Crippen molar-refractivity contribution in [3.63, 3.8) is 0 Å². The SMILES string of the molecule is Cc1ccsc1C1CC(=O)Nc2nc(N3CCOCC3)nc(N)c21. The number of rotatable bonds is 2. The smallest absolute Gasteiger partial charge is 0.229 e. The topological polar surface area (TPSA) is 93.4 Å². The molecule has 0 aromatic carbocycles. The van der Waals surface area contributed by atoms with Gasteiger partial charge in [-0.05, 0) is 23.9 Å². The number of nitrogens with two attached hydrogens (primary N) is 1. The molecule has 2 aliphatic rings. The van der Waals surface area contributed by atoms with Gasteiger partial charge in [0.2, 0.25) is 11.9 Å². The van der Waals surface area contributed by atoms with E-state index in [1.165, 1.54) is 5.56 Å². The number of nitrogen functional groups attached to an aromatic ring is 1. The van der Waals surface area contributed by atoms with Gasteiger partial charge in [-0.1, -0.05) is 0 Å². The van der Waals surface area contributed by atoms with Crippen LogP contribution >= 0.6 is 11.3 Å². The standard InChI is InChI=1S/C16H19N5O2S/c1-9-2-7-24-13(9)10-8-11(22)18-15-12(10)14(17)19-16(20-15)21-3-5-23-6-4-21/h2,7,10H,3-6,8H2,1H3,(H3,17,18,19,20,22). The number of anilines is 3. The monoisotopic (exact) mass is 345 g/mol. The Labute approximate surface area is 143 Å². The quantitative estimate of drug-likeness (QED) is 0.861. The van der Waals surface area contributed by atoms with Gasteiger partial charge in [-0.15, -0.1) is 11.3 Å². The molecule has 1 atom stereocenters. The van der Waals surface area contributed by atoms with Crippen LogP contribution in [0.5, 0.6) is 0 Å². The summed E-state index contributed by atoms with van der Waals surface area (Å²) in [5.74, 6) is 1.43. The van der Waals surface area contributed by atoms with Crippen molar-refractivity contribution < 1.29 is 9.53 Å². The number of thiophene rings is 1. The molecular formula is C16H19N5O2S. The second-order valence-corrected chi connectivity index (χ2v) is 6.99. The lowest BCUT2D eigenvalue weighted by Gasteiger charge is -2.30. The van der Waals surface area contributed by atoms with Gasteiger partial charge in [0.05, 0.1) is 13.2 Å². The number of aromatic nitrogens is 2. The molecule has 7 nitrogen and oxygen atoms in total. The van der Waals surface area contributed by atoms with E-state index < -0.39 is 0 Å². The van der Waals surface area contributed by atoms with Crippen molar-refractivity contribution >= 4 is 34.8 Å². The van der Waals surface area contributed by atoms with Crippen molar-refractivity contribution in [1.29, 1.82) is 0 Å². The maximum atomic E-state index is 12.2. The van der Waals surface area contributed by atoms with E-state index in [1.807, 2.05) is 10.3 Å². The van der Waals surface area contributed by atoms with Gasteiger partial charge in [-0.3, -0.25) is 4.79 Å². The molecule has 0 radical (unpaired) electrons. The molecule has 1 fully saturated rings. The van der Waals surface area contributed by atoms with Crippen molar-refractivity contribution in [3.8, 4) is 0 Å². The molecule has 126 valence electrons. The highest BCUT2D eigenvalue weighted by molar-refractivity contribution is 7.10. The first-order chi connectivity index (χ1) is 11.6. The lowest BCUT2D eigenvalue weighted by atomic mass is 9.90. The number of nitrogens with zero attached hydrogens (tertiary/aromatic N) is 3. The Balaban J connectivity index is 1.78. The van der Waals surface area contributed by atoms with Gasteiger partial charge >= 0.3 is 0 Å². The molecule has 2 aliphatic heterocycles. The summed E-state index contributed by atoms with van der Waals surface area (Å²) in [5, 5.41) is 4.91. The fraction of sp³-hybridized carbons (Fsp3) is 0.438. The third-order valence-corrected chi connectivity index (χ3v) is 5.60. The number of ether oxygens (including phenoxy) is 1. The molecule has 1 amide bonds. The Bertz CT molecular complexity index is 785. The Morgan fingerprint density at radius 1 is 1.38 bits per heavy atom. The van der Waals surface area contributed by atoms with Crippen LogP contribution in [0.4, 0.5) is 17.6 Å². The number of aryl methyl sites for hydroxylation is 1. The van der Waals surface area contributed by atoms with Crippen molar-refractivity contribution in [2.75, 3.05) is 42.3 Å². The zero-order chi connectivity index (χ0) is 16.7. The number of amides is 1. The first-order valence-corrected chi connectivity index (χ1v) is 8.85. The zero-order valence-electron chi connectivity index (χ0n) is 13.4. The Morgan fingerprint density at radius 3 is 2.88 bits per heavy atom. The molecule has 1 unspecified atom stereocenters. The van der Waals surface area contributed by atoms with Crippen molar-refractivity contribution in [2.45, 2.75) is 19.3 Å². The fourth-order valence-corrected chi connectivity index (χ4v) is 4.29. The van der Waals surface area contributed by atoms with Crippen LogP contribution in [0.15, 0.2) is 11.4 Å². The lowest BCUT2D eigenvalue weighted by Crippen LogP contribution is -2.38. The van der Waals surface area contributed by atoms with E-state index in [1.54, 1.807) is 11.3 Å². The molecule has 0 bridgehead atoms. The van der Waals surface area contributed by atoms with E-state index in [2.05, 4.69) is 28.3 Å². The van der Waals surface area contributed by atoms with Gasteiger partial charge in [-0.2, -0.15) is 9.97 Å². The highest BCUT2D eigenvalue weighted by atomic mass is 32.1. The van der Waals surface area contributed by atoms with Crippen LogP contribution in [0.3, 0.4) is 0 Å². The fourth-order valence-electron chi connectivity index (χ4n) is 3.25. The summed E-state index contributed by atoms with van der Waals surface area (Å²) in [6.07, 6.45) is 0.374. The minimum Gasteiger partial charge on any atom is -0.383 e. The second-order valence-electron chi connectivity index (χ2n) is 6.04. The zero-order valence-corrected chi connectivity index (χ0v) is 14.2. The summed E-state index contributed by atoms with van der Waals surface area (Å²) in [6, 6.07) is 2.06. The molecule has 24 heavy (non-hydrogen) atoms. The molecule has 1 saturated heterocycles. The predicted molar refractivity (Wildman–Crippen MR) is 93.6 cm³/mol. The molecule has 0 saturated carbocycles. The molecule has 0 spiro atoms. The van der Waals surface area contributed by atoms with Gasteiger partial charge in [0.25, 0.3) is 0 Å². The summed E-state index contributed by atoms with van der Waals surface area (Å²) in [5.41, 5.74) is 8.28. The number of carbonyl (C=O) groups excluding carboxylic acids is 1. The minimum absolute atomic E-state index is 0.0358. The normalized spacial score (nSPS) is 20.6. The highest BCUT2D eigenvalue weighted by Crippen LogP contribution is 2.42. The number of carbonyl (C=O) groups is 1. The number of hydrogen-bond acceptors (Lipinski definition) is 7. The van der Waals surface area contributed by atoms with E-state index >= 15 is 0 Å². The molecule has 8 heteroatoms. The minimum atomic E-state index is -0.0764. The molecule has 4 rings (SSSR count). The first kappa shape index (κ1) is 15.3. The maximum Gasteiger partial charge on any atom is 0.229 e. The van der Waals surface area contributed by atoms with E-state index in [0.29, 0.717) is 37.2 Å². The van der Waals surface area contributed by atoms with Crippen molar-refractivity contribution in [1.82, 2.24) is 9.97 Å². The van der Waals surface area contributed by atoms with Crippen LogP contribution in [0.25, 0.3) is 0 Å². The van der Waals surface area contributed by atoms with E-state index in [4.69, 9.17) is 10.5 Å². The Hall–Kier alpha value is -2.19. The summed E-state index contributed by atoms with van der Waals surface area (Å²) in [7, 11) is 0. The van der Waals surface area contributed by atoms with Gasteiger partial charge in [0, 0.05) is 35.9 Å². The number of fused-ring (bicyclic) bond motifs is 1. The Morgan fingerprint density at radius 2 is 2.17 bits per heavy atom. The number of hydrogen-bond donors (Lipinski definition) is 2.